The van der Waals surface area contributed by atoms with Crippen molar-refractivity contribution in [2.45, 2.75) is 45.4 Å². The Labute approximate surface area is 96.7 Å². The number of aromatic nitrogens is 2. The lowest BCUT2D eigenvalue weighted by atomic mass is 9.82. The number of nitrogens with one attached hydrogen (secondary N) is 1. The van der Waals surface area contributed by atoms with Gasteiger partial charge in [-0.2, -0.15) is 0 Å². The molecule has 0 atom stereocenters. The zero-order valence-electron chi connectivity index (χ0n) is 9.89. The van der Waals surface area contributed by atoms with Gasteiger partial charge in [-0.15, -0.1) is 0 Å². The van der Waals surface area contributed by atoms with E-state index in [4.69, 9.17) is 0 Å². The molecule has 0 spiro atoms. The number of rotatable bonds is 6. The van der Waals surface area contributed by atoms with Crippen molar-refractivity contribution >= 4 is 0 Å². The van der Waals surface area contributed by atoms with Gasteiger partial charge in [0, 0.05) is 19.3 Å². The highest BCUT2D eigenvalue weighted by Gasteiger charge is 2.26. The van der Waals surface area contributed by atoms with Gasteiger partial charge in [0.1, 0.15) is 0 Å². The number of aliphatic hydroxyl groups is 1. The SMILES string of the molecule is CCCn1cncc1CNCC1CC(O)C1. The van der Waals surface area contributed by atoms with E-state index in [2.05, 4.69) is 21.8 Å². The van der Waals surface area contributed by atoms with E-state index >= 15 is 0 Å². The normalized spacial score (nSPS) is 24.4. The molecule has 1 aliphatic carbocycles. The third-order valence-electron chi connectivity index (χ3n) is 3.21. The van der Waals surface area contributed by atoms with Crippen LogP contribution in [-0.2, 0) is 13.1 Å². The standard InChI is InChI=1S/C12H21N3O/c1-2-3-15-9-14-8-11(15)7-13-6-10-4-12(16)5-10/h8-10,12-13,16H,2-7H2,1H3. The predicted molar refractivity (Wildman–Crippen MR) is 63.0 cm³/mol. The van der Waals surface area contributed by atoms with Crippen LogP contribution in [0.1, 0.15) is 31.9 Å². The molecule has 2 N–H and O–H groups in total. The van der Waals surface area contributed by atoms with Gasteiger partial charge < -0.3 is 15.0 Å². The molecule has 1 aliphatic rings. The van der Waals surface area contributed by atoms with Crippen LogP contribution < -0.4 is 5.32 Å². The average molecular weight is 223 g/mol. The number of imidazole rings is 1. The van der Waals surface area contributed by atoms with Crippen molar-refractivity contribution < 1.29 is 5.11 Å². The van der Waals surface area contributed by atoms with Crippen molar-refractivity contribution in [2.75, 3.05) is 6.54 Å². The third kappa shape index (κ3) is 2.83. The van der Waals surface area contributed by atoms with Gasteiger partial charge in [-0.3, -0.25) is 0 Å². The maximum absolute atomic E-state index is 9.17. The Kier molecular flexibility index (Phi) is 3.96. The Morgan fingerprint density at radius 3 is 3.06 bits per heavy atom. The molecule has 1 aromatic rings. The van der Waals surface area contributed by atoms with Gasteiger partial charge in [0.25, 0.3) is 0 Å². The van der Waals surface area contributed by atoms with Gasteiger partial charge in [0.05, 0.1) is 18.1 Å². The first-order valence-electron chi connectivity index (χ1n) is 6.17. The van der Waals surface area contributed by atoms with Gasteiger partial charge >= 0.3 is 0 Å². The molecule has 0 unspecified atom stereocenters. The summed E-state index contributed by atoms with van der Waals surface area (Å²) in [6, 6.07) is 0. The molecule has 1 heterocycles. The molecule has 0 bridgehead atoms. The monoisotopic (exact) mass is 223 g/mol. The van der Waals surface area contributed by atoms with E-state index in [0.29, 0.717) is 5.92 Å². The lowest BCUT2D eigenvalue weighted by Crippen LogP contribution is -2.36. The molecule has 0 radical (unpaired) electrons. The average Bonchev–Trinajstić information content (AvgIpc) is 2.64. The highest BCUT2D eigenvalue weighted by molar-refractivity contribution is 4.98. The minimum atomic E-state index is -0.0441. The van der Waals surface area contributed by atoms with Crippen LogP contribution >= 0.6 is 0 Å². The van der Waals surface area contributed by atoms with E-state index in [1.54, 1.807) is 0 Å². The first-order chi connectivity index (χ1) is 7.79. The molecule has 0 saturated heterocycles. The maximum atomic E-state index is 9.17. The molecule has 4 nitrogen and oxygen atoms in total. The van der Waals surface area contributed by atoms with Crippen LogP contribution in [-0.4, -0.2) is 27.3 Å². The number of nitrogens with zero attached hydrogens (tertiary/aromatic N) is 2. The van der Waals surface area contributed by atoms with Crippen LogP contribution in [0.2, 0.25) is 0 Å². The van der Waals surface area contributed by atoms with Crippen molar-refractivity contribution in [3.8, 4) is 0 Å². The number of aliphatic hydroxyl groups excluding tert-OH is 1. The second kappa shape index (κ2) is 5.46. The Bertz CT molecular complexity index is 318. The summed E-state index contributed by atoms with van der Waals surface area (Å²) in [6.07, 6.45) is 6.84. The summed E-state index contributed by atoms with van der Waals surface area (Å²) in [6.45, 7) is 5.10. The van der Waals surface area contributed by atoms with Crippen molar-refractivity contribution in [3.05, 3.63) is 18.2 Å². The van der Waals surface area contributed by atoms with E-state index < -0.39 is 0 Å². The summed E-state index contributed by atoms with van der Waals surface area (Å²) in [7, 11) is 0. The molecule has 2 rings (SSSR count). The fourth-order valence-corrected chi connectivity index (χ4v) is 2.21. The molecular formula is C12H21N3O. The Balaban J connectivity index is 1.70. The minimum Gasteiger partial charge on any atom is -0.393 e. The van der Waals surface area contributed by atoms with Gasteiger partial charge in [-0.25, -0.2) is 4.98 Å². The van der Waals surface area contributed by atoms with Gasteiger partial charge in [-0.05, 0) is 31.7 Å². The number of hydrogen-bond acceptors (Lipinski definition) is 3. The second-order valence-corrected chi connectivity index (χ2v) is 4.70. The van der Waals surface area contributed by atoms with Crippen LogP contribution in [0.4, 0.5) is 0 Å². The van der Waals surface area contributed by atoms with Crippen molar-refractivity contribution in [1.29, 1.82) is 0 Å². The number of hydrogen-bond donors (Lipinski definition) is 2. The first kappa shape index (κ1) is 11.6. The van der Waals surface area contributed by atoms with Crippen molar-refractivity contribution in [2.24, 2.45) is 5.92 Å². The van der Waals surface area contributed by atoms with Crippen molar-refractivity contribution in [1.82, 2.24) is 14.9 Å². The fraction of sp³-hybridized carbons (Fsp3) is 0.750. The van der Waals surface area contributed by atoms with Crippen LogP contribution in [0.15, 0.2) is 12.5 Å². The molecule has 90 valence electrons. The van der Waals surface area contributed by atoms with Crippen LogP contribution in [0.25, 0.3) is 0 Å². The molecule has 1 saturated carbocycles. The van der Waals surface area contributed by atoms with Crippen LogP contribution in [0, 0.1) is 5.92 Å². The summed E-state index contributed by atoms with van der Waals surface area (Å²) in [5.41, 5.74) is 1.25. The molecule has 0 amide bonds. The summed E-state index contributed by atoms with van der Waals surface area (Å²) in [5.74, 6) is 0.664. The molecule has 1 aromatic heterocycles. The summed E-state index contributed by atoms with van der Waals surface area (Å²) < 4.78 is 2.20. The summed E-state index contributed by atoms with van der Waals surface area (Å²) in [5, 5.41) is 12.6. The Morgan fingerprint density at radius 1 is 1.56 bits per heavy atom. The van der Waals surface area contributed by atoms with E-state index in [1.807, 2.05) is 12.5 Å². The highest BCUT2D eigenvalue weighted by Crippen LogP contribution is 2.26. The maximum Gasteiger partial charge on any atom is 0.0948 e. The van der Waals surface area contributed by atoms with E-state index in [-0.39, 0.29) is 6.10 Å². The Morgan fingerprint density at radius 2 is 2.38 bits per heavy atom. The predicted octanol–water partition coefficient (Wildman–Crippen LogP) is 1.15. The van der Waals surface area contributed by atoms with E-state index in [1.165, 1.54) is 5.69 Å². The lowest BCUT2D eigenvalue weighted by Gasteiger charge is -2.31. The van der Waals surface area contributed by atoms with Crippen LogP contribution in [0.5, 0.6) is 0 Å². The van der Waals surface area contributed by atoms with Crippen molar-refractivity contribution in [3.63, 3.8) is 0 Å². The fourth-order valence-electron chi connectivity index (χ4n) is 2.21. The lowest BCUT2D eigenvalue weighted by molar-refractivity contribution is 0.0429. The zero-order valence-corrected chi connectivity index (χ0v) is 9.89. The third-order valence-corrected chi connectivity index (χ3v) is 3.21. The topological polar surface area (TPSA) is 50.1 Å². The molecule has 0 aliphatic heterocycles. The molecule has 16 heavy (non-hydrogen) atoms. The van der Waals surface area contributed by atoms with E-state index in [9.17, 15) is 5.11 Å². The van der Waals surface area contributed by atoms with Crippen LogP contribution in [0.3, 0.4) is 0 Å². The quantitative estimate of drug-likeness (QED) is 0.760. The smallest absolute Gasteiger partial charge is 0.0948 e. The molecule has 1 fully saturated rings. The second-order valence-electron chi connectivity index (χ2n) is 4.70. The summed E-state index contributed by atoms with van der Waals surface area (Å²) >= 11 is 0. The first-order valence-corrected chi connectivity index (χ1v) is 6.17. The molecular weight excluding hydrogens is 202 g/mol. The van der Waals surface area contributed by atoms with E-state index in [0.717, 1.165) is 38.9 Å². The highest BCUT2D eigenvalue weighted by atomic mass is 16.3. The van der Waals surface area contributed by atoms with Gasteiger partial charge in [0.2, 0.25) is 0 Å². The van der Waals surface area contributed by atoms with Gasteiger partial charge in [-0.1, -0.05) is 6.92 Å². The zero-order chi connectivity index (χ0) is 11.4. The number of aryl methyl sites for hydroxylation is 1. The van der Waals surface area contributed by atoms with Gasteiger partial charge in [0.15, 0.2) is 0 Å². The molecule has 4 heteroatoms. The largest absolute Gasteiger partial charge is 0.393 e. The molecule has 0 aromatic carbocycles. The summed E-state index contributed by atoms with van der Waals surface area (Å²) in [4.78, 5) is 4.17. The Hall–Kier alpha value is -0.870. The minimum absolute atomic E-state index is 0.0441.